The Hall–Kier alpha value is -0.570. The minimum Gasteiger partial charge on any atom is -0.466 e. The quantitative estimate of drug-likeness (QED) is 0.674. The maximum absolute atomic E-state index is 10.5. The molecule has 0 rings (SSSR count). The first-order chi connectivity index (χ1) is 6.70. The van der Waals surface area contributed by atoms with E-state index in [-0.39, 0.29) is 5.97 Å². The van der Waals surface area contributed by atoms with Gasteiger partial charge in [-0.2, -0.15) is 0 Å². The lowest BCUT2D eigenvalue weighted by molar-refractivity contribution is -0.142. The molecule has 2 N–H and O–H groups in total. The Morgan fingerprint density at radius 3 is 2.29 bits per heavy atom. The average molecular weight is 203 g/mol. The van der Waals surface area contributed by atoms with Crippen LogP contribution in [0.1, 0.15) is 47.0 Å². The topological polar surface area (TPSA) is 52.3 Å². The molecule has 3 heteroatoms. The van der Waals surface area contributed by atoms with Crippen molar-refractivity contribution in [1.29, 1.82) is 0 Å². The Labute approximate surface area is 88.0 Å². The van der Waals surface area contributed by atoms with Gasteiger partial charge in [0.15, 0.2) is 0 Å². The molecule has 14 heavy (non-hydrogen) atoms. The van der Waals surface area contributed by atoms with Crippen LogP contribution in [0.2, 0.25) is 0 Å². The van der Waals surface area contributed by atoms with Crippen molar-refractivity contribution in [2.45, 2.75) is 47.0 Å². The molecule has 3 nitrogen and oxygen atoms in total. The predicted octanol–water partition coefficient (Wildman–Crippen LogP) is 2.34. The molecule has 0 heterocycles. The lowest BCUT2D eigenvalue weighted by Crippen LogP contribution is -2.16. The second-order valence-electron chi connectivity index (χ2n) is 3.03. The number of carbonyl (C=O) groups excluding carboxylic acids is 1. The van der Waals surface area contributed by atoms with Gasteiger partial charge in [0.05, 0.1) is 6.61 Å². The highest BCUT2D eigenvalue weighted by Gasteiger charge is 2.07. The zero-order chi connectivity index (χ0) is 11.4. The SMILES string of the molecule is CC.CCCC(CCN)COC(C)=O. The molecule has 0 saturated carbocycles. The normalized spacial score (nSPS) is 11.2. The summed E-state index contributed by atoms with van der Waals surface area (Å²) in [5, 5.41) is 0. The highest BCUT2D eigenvalue weighted by molar-refractivity contribution is 5.65. The van der Waals surface area contributed by atoms with Gasteiger partial charge < -0.3 is 10.5 Å². The Morgan fingerprint density at radius 1 is 1.36 bits per heavy atom. The molecular formula is C11H25NO2. The fourth-order valence-electron chi connectivity index (χ4n) is 1.19. The van der Waals surface area contributed by atoms with Gasteiger partial charge in [-0.15, -0.1) is 0 Å². The molecular weight excluding hydrogens is 178 g/mol. The van der Waals surface area contributed by atoms with Gasteiger partial charge in [-0.25, -0.2) is 0 Å². The van der Waals surface area contributed by atoms with Crippen molar-refractivity contribution >= 4 is 5.97 Å². The minimum absolute atomic E-state index is 0.201. The summed E-state index contributed by atoms with van der Waals surface area (Å²) < 4.78 is 4.91. The van der Waals surface area contributed by atoms with Crippen molar-refractivity contribution in [3.63, 3.8) is 0 Å². The van der Waals surface area contributed by atoms with Crippen molar-refractivity contribution in [1.82, 2.24) is 0 Å². The monoisotopic (exact) mass is 203 g/mol. The van der Waals surface area contributed by atoms with Gasteiger partial charge in [0.2, 0.25) is 0 Å². The van der Waals surface area contributed by atoms with Crippen LogP contribution >= 0.6 is 0 Å². The van der Waals surface area contributed by atoms with Gasteiger partial charge in [-0.3, -0.25) is 4.79 Å². The molecule has 1 unspecified atom stereocenters. The Bertz CT molecular complexity index is 120. The minimum atomic E-state index is -0.201. The fourth-order valence-corrected chi connectivity index (χ4v) is 1.19. The van der Waals surface area contributed by atoms with Gasteiger partial charge >= 0.3 is 5.97 Å². The zero-order valence-corrected chi connectivity index (χ0v) is 10.0. The first-order valence-electron chi connectivity index (χ1n) is 5.54. The molecule has 0 aromatic rings. The molecule has 0 radical (unpaired) electrons. The maximum atomic E-state index is 10.5. The summed E-state index contributed by atoms with van der Waals surface area (Å²) in [6.07, 6.45) is 3.15. The number of ether oxygens (including phenoxy) is 1. The summed E-state index contributed by atoms with van der Waals surface area (Å²) in [6.45, 7) is 8.76. The van der Waals surface area contributed by atoms with Gasteiger partial charge in [-0.1, -0.05) is 27.2 Å². The molecule has 0 fully saturated rings. The third kappa shape index (κ3) is 11.4. The van der Waals surface area contributed by atoms with Crippen LogP contribution < -0.4 is 5.73 Å². The molecule has 0 aromatic heterocycles. The van der Waals surface area contributed by atoms with Crippen LogP contribution in [0.15, 0.2) is 0 Å². The first kappa shape index (κ1) is 15.9. The van der Waals surface area contributed by atoms with Crippen LogP contribution in [0.3, 0.4) is 0 Å². The average Bonchev–Trinajstić information content (AvgIpc) is 2.18. The van der Waals surface area contributed by atoms with Crippen LogP contribution in [-0.2, 0) is 9.53 Å². The second-order valence-corrected chi connectivity index (χ2v) is 3.03. The van der Waals surface area contributed by atoms with Crippen molar-refractivity contribution in [3.05, 3.63) is 0 Å². The van der Waals surface area contributed by atoms with Crippen LogP contribution in [0.25, 0.3) is 0 Å². The number of nitrogens with two attached hydrogens (primary N) is 1. The van der Waals surface area contributed by atoms with Crippen molar-refractivity contribution < 1.29 is 9.53 Å². The van der Waals surface area contributed by atoms with E-state index in [0.717, 1.165) is 19.3 Å². The van der Waals surface area contributed by atoms with E-state index >= 15 is 0 Å². The van der Waals surface area contributed by atoms with Crippen molar-refractivity contribution in [2.75, 3.05) is 13.2 Å². The molecule has 0 aliphatic heterocycles. The van der Waals surface area contributed by atoms with Crippen LogP contribution in [-0.4, -0.2) is 19.1 Å². The highest BCUT2D eigenvalue weighted by atomic mass is 16.5. The summed E-state index contributed by atoms with van der Waals surface area (Å²) >= 11 is 0. The zero-order valence-electron chi connectivity index (χ0n) is 10.0. The summed E-state index contributed by atoms with van der Waals surface area (Å²) in [6, 6.07) is 0. The lowest BCUT2D eigenvalue weighted by atomic mass is 10.0. The fraction of sp³-hybridized carbons (Fsp3) is 0.909. The lowest BCUT2D eigenvalue weighted by Gasteiger charge is -2.13. The molecule has 0 spiro atoms. The predicted molar refractivity (Wildman–Crippen MR) is 60.1 cm³/mol. The molecule has 1 atom stereocenters. The third-order valence-corrected chi connectivity index (χ3v) is 1.79. The number of carbonyl (C=O) groups is 1. The van der Waals surface area contributed by atoms with E-state index < -0.39 is 0 Å². The standard InChI is InChI=1S/C9H19NO2.C2H6/c1-3-4-9(5-6-10)7-12-8(2)11;1-2/h9H,3-7,10H2,1-2H3;1-2H3. The van der Waals surface area contributed by atoms with Crippen molar-refractivity contribution in [3.8, 4) is 0 Å². The Morgan fingerprint density at radius 2 is 1.93 bits per heavy atom. The van der Waals surface area contributed by atoms with E-state index in [1.165, 1.54) is 6.92 Å². The van der Waals surface area contributed by atoms with Gasteiger partial charge in [0.1, 0.15) is 0 Å². The third-order valence-electron chi connectivity index (χ3n) is 1.79. The van der Waals surface area contributed by atoms with Gasteiger partial charge in [0.25, 0.3) is 0 Å². The molecule has 0 bridgehead atoms. The van der Waals surface area contributed by atoms with Crippen LogP contribution in [0.4, 0.5) is 0 Å². The number of hydrogen-bond donors (Lipinski definition) is 1. The Balaban J connectivity index is 0. The Kier molecular flexibility index (Phi) is 14.1. The number of rotatable bonds is 6. The highest BCUT2D eigenvalue weighted by Crippen LogP contribution is 2.10. The van der Waals surface area contributed by atoms with Gasteiger partial charge in [-0.05, 0) is 25.3 Å². The molecule has 0 saturated heterocycles. The van der Waals surface area contributed by atoms with E-state index in [1.54, 1.807) is 0 Å². The molecule has 0 amide bonds. The second kappa shape index (κ2) is 12.4. The van der Waals surface area contributed by atoms with E-state index in [1.807, 2.05) is 13.8 Å². The number of hydrogen-bond acceptors (Lipinski definition) is 3. The van der Waals surface area contributed by atoms with E-state index in [2.05, 4.69) is 6.92 Å². The van der Waals surface area contributed by atoms with E-state index in [9.17, 15) is 4.79 Å². The first-order valence-corrected chi connectivity index (χ1v) is 5.54. The summed E-state index contributed by atoms with van der Waals surface area (Å²) in [4.78, 5) is 10.5. The summed E-state index contributed by atoms with van der Waals surface area (Å²) in [5.74, 6) is 0.247. The van der Waals surface area contributed by atoms with Crippen LogP contribution in [0, 0.1) is 5.92 Å². The molecule has 0 aliphatic carbocycles. The van der Waals surface area contributed by atoms with Crippen LogP contribution in [0.5, 0.6) is 0 Å². The number of esters is 1. The molecule has 86 valence electrons. The van der Waals surface area contributed by atoms with E-state index in [4.69, 9.17) is 10.5 Å². The largest absolute Gasteiger partial charge is 0.466 e. The summed E-state index contributed by atoms with van der Waals surface area (Å²) in [5.41, 5.74) is 5.43. The van der Waals surface area contributed by atoms with Gasteiger partial charge in [0, 0.05) is 6.92 Å². The maximum Gasteiger partial charge on any atom is 0.302 e. The molecule has 0 aliphatic rings. The smallest absolute Gasteiger partial charge is 0.302 e. The molecule has 0 aromatic carbocycles. The van der Waals surface area contributed by atoms with Crippen molar-refractivity contribution in [2.24, 2.45) is 11.7 Å². The van der Waals surface area contributed by atoms with E-state index in [0.29, 0.717) is 19.1 Å². The summed E-state index contributed by atoms with van der Waals surface area (Å²) in [7, 11) is 0.